The molecule has 3 aromatic rings. The Hall–Kier alpha value is -2.80. The van der Waals surface area contributed by atoms with Gasteiger partial charge in [-0.25, -0.2) is 8.42 Å². The van der Waals surface area contributed by atoms with Gasteiger partial charge in [-0.05, 0) is 72.7 Å². The maximum Gasteiger partial charge on any atom is 0.261 e. The quantitative estimate of drug-likeness (QED) is 0.705. The highest BCUT2D eigenvalue weighted by Crippen LogP contribution is 2.25. The summed E-state index contributed by atoms with van der Waals surface area (Å²) in [6, 6.07) is 15.1. The molecule has 4 rings (SSSR count). The molecule has 2 aromatic carbocycles. The van der Waals surface area contributed by atoms with Gasteiger partial charge >= 0.3 is 0 Å². The number of pyridine rings is 1. The molecule has 7 heteroatoms. The van der Waals surface area contributed by atoms with E-state index in [2.05, 4.69) is 21.5 Å². The van der Waals surface area contributed by atoms with E-state index in [-0.39, 0.29) is 10.5 Å². The van der Waals surface area contributed by atoms with Gasteiger partial charge in [0.1, 0.15) is 0 Å². The Labute approximate surface area is 164 Å². The van der Waals surface area contributed by atoms with Crippen molar-refractivity contribution in [3.05, 3.63) is 65.0 Å². The van der Waals surface area contributed by atoms with Gasteiger partial charge in [-0.1, -0.05) is 6.92 Å². The first-order valence-corrected chi connectivity index (χ1v) is 10.9. The van der Waals surface area contributed by atoms with Crippen LogP contribution >= 0.6 is 0 Å². The summed E-state index contributed by atoms with van der Waals surface area (Å²) in [4.78, 5) is 16.5. The number of nitrogens with zero attached hydrogens (tertiary/aromatic N) is 1. The molecule has 6 nitrogen and oxygen atoms in total. The molecule has 0 amide bonds. The largest absolute Gasteiger partial charge is 0.372 e. The molecule has 1 aliphatic heterocycles. The van der Waals surface area contributed by atoms with E-state index in [0.717, 1.165) is 24.7 Å². The number of piperidine rings is 1. The normalized spacial score (nSPS) is 15.7. The minimum absolute atomic E-state index is 0.154. The van der Waals surface area contributed by atoms with Gasteiger partial charge in [-0.15, -0.1) is 0 Å². The Bertz CT molecular complexity index is 1150. The van der Waals surface area contributed by atoms with Crippen molar-refractivity contribution in [3.63, 3.8) is 0 Å². The number of hydrogen-bond acceptors (Lipinski definition) is 4. The third kappa shape index (κ3) is 3.89. The zero-order valence-electron chi connectivity index (χ0n) is 15.7. The average molecular weight is 398 g/mol. The lowest BCUT2D eigenvalue weighted by Gasteiger charge is -2.32. The van der Waals surface area contributed by atoms with Crippen molar-refractivity contribution in [1.29, 1.82) is 0 Å². The summed E-state index contributed by atoms with van der Waals surface area (Å²) in [6.07, 6.45) is 2.36. The Morgan fingerprint density at radius 3 is 2.43 bits per heavy atom. The van der Waals surface area contributed by atoms with Crippen LogP contribution in [0.5, 0.6) is 0 Å². The van der Waals surface area contributed by atoms with Crippen LogP contribution in [-0.2, 0) is 10.0 Å². The van der Waals surface area contributed by atoms with E-state index in [1.807, 2.05) is 12.1 Å². The SMILES string of the molecule is CC1CCN(c2ccc(NS(=O)(=O)c3ccc4[nH]c(=O)ccc4c3)cc2)CC1. The fourth-order valence-corrected chi connectivity index (χ4v) is 4.61. The van der Waals surface area contributed by atoms with Crippen LogP contribution in [0.3, 0.4) is 0 Å². The van der Waals surface area contributed by atoms with Crippen LogP contribution < -0.4 is 15.2 Å². The minimum Gasteiger partial charge on any atom is -0.372 e. The molecule has 1 saturated heterocycles. The number of nitrogens with one attached hydrogen (secondary N) is 2. The second-order valence-corrected chi connectivity index (χ2v) is 9.08. The fraction of sp³-hybridized carbons (Fsp3) is 0.286. The predicted octanol–water partition coefficient (Wildman–Crippen LogP) is 3.57. The van der Waals surface area contributed by atoms with Gasteiger partial charge in [0.2, 0.25) is 5.56 Å². The van der Waals surface area contributed by atoms with E-state index in [9.17, 15) is 13.2 Å². The Morgan fingerprint density at radius 1 is 1.00 bits per heavy atom. The van der Waals surface area contributed by atoms with Crippen molar-refractivity contribution in [1.82, 2.24) is 4.98 Å². The standard InChI is InChI=1S/C21H23N3O3S/c1-15-10-12-24(13-11-15)18-5-3-17(4-6-18)23-28(26,27)19-7-8-20-16(14-19)2-9-21(25)22-20/h2-9,14-15,23H,10-13H2,1H3,(H,22,25). The molecular weight excluding hydrogens is 374 g/mol. The van der Waals surface area contributed by atoms with Crippen molar-refractivity contribution in [2.45, 2.75) is 24.7 Å². The first kappa shape index (κ1) is 18.6. The monoisotopic (exact) mass is 397 g/mol. The Morgan fingerprint density at radius 2 is 1.71 bits per heavy atom. The van der Waals surface area contributed by atoms with Gasteiger partial charge < -0.3 is 9.88 Å². The van der Waals surface area contributed by atoms with Gasteiger partial charge in [0.05, 0.1) is 4.90 Å². The number of aromatic amines is 1. The molecule has 0 aliphatic carbocycles. The lowest BCUT2D eigenvalue weighted by molar-refractivity contribution is 0.438. The number of H-pyrrole nitrogens is 1. The molecule has 0 saturated carbocycles. The lowest BCUT2D eigenvalue weighted by Crippen LogP contribution is -2.32. The average Bonchev–Trinajstić information content (AvgIpc) is 2.68. The van der Waals surface area contributed by atoms with E-state index >= 15 is 0 Å². The van der Waals surface area contributed by atoms with Gasteiger partial charge in [-0.3, -0.25) is 9.52 Å². The Kier molecular flexibility index (Phi) is 4.85. The molecule has 146 valence electrons. The summed E-state index contributed by atoms with van der Waals surface area (Å²) in [5.41, 5.74) is 2.02. The summed E-state index contributed by atoms with van der Waals surface area (Å²) < 4.78 is 28.1. The molecule has 1 fully saturated rings. The molecule has 1 aliphatic rings. The van der Waals surface area contributed by atoms with Crippen molar-refractivity contribution in [2.24, 2.45) is 5.92 Å². The highest BCUT2D eigenvalue weighted by molar-refractivity contribution is 7.92. The summed E-state index contributed by atoms with van der Waals surface area (Å²) in [6.45, 7) is 4.34. The van der Waals surface area contributed by atoms with E-state index in [1.165, 1.54) is 25.0 Å². The van der Waals surface area contributed by atoms with Crippen LogP contribution in [0.2, 0.25) is 0 Å². The molecular formula is C21H23N3O3S. The zero-order valence-corrected chi connectivity index (χ0v) is 16.5. The van der Waals surface area contributed by atoms with Crippen LogP contribution in [0.25, 0.3) is 10.9 Å². The molecule has 28 heavy (non-hydrogen) atoms. The van der Waals surface area contributed by atoms with Gasteiger partial charge in [0, 0.05) is 36.0 Å². The topological polar surface area (TPSA) is 82.3 Å². The van der Waals surface area contributed by atoms with Gasteiger partial charge in [0.25, 0.3) is 10.0 Å². The number of hydrogen-bond donors (Lipinski definition) is 2. The number of anilines is 2. The van der Waals surface area contributed by atoms with Crippen LogP contribution in [0, 0.1) is 5.92 Å². The zero-order chi connectivity index (χ0) is 19.7. The highest BCUT2D eigenvalue weighted by atomic mass is 32.2. The smallest absolute Gasteiger partial charge is 0.261 e. The van der Waals surface area contributed by atoms with E-state index < -0.39 is 10.0 Å². The van der Waals surface area contributed by atoms with E-state index in [4.69, 9.17) is 0 Å². The van der Waals surface area contributed by atoms with Crippen molar-refractivity contribution < 1.29 is 8.42 Å². The maximum atomic E-state index is 12.7. The van der Waals surface area contributed by atoms with Gasteiger partial charge in [0.15, 0.2) is 0 Å². The second kappa shape index (κ2) is 7.31. The molecule has 0 atom stereocenters. The number of rotatable bonds is 4. The van der Waals surface area contributed by atoms with Gasteiger partial charge in [-0.2, -0.15) is 0 Å². The van der Waals surface area contributed by atoms with Crippen LogP contribution in [-0.4, -0.2) is 26.5 Å². The van der Waals surface area contributed by atoms with Crippen molar-refractivity contribution >= 4 is 32.3 Å². The summed E-state index contributed by atoms with van der Waals surface area (Å²) >= 11 is 0. The maximum absolute atomic E-state index is 12.7. The number of fused-ring (bicyclic) bond motifs is 1. The summed E-state index contributed by atoms with van der Waals surface area (Å²) in [5.74, 6) is 0.766. The molecule has 0 unspecified atom stereocenters. The lowest BCUT2D eigenvalue weighted by atomic mass is 9.99. The third-order valence-corrected chi connectivity index (χ3v) is 6.65. The molecule has 0 spiro atoms. The number of benzene rings is 2. The van der Waals surface area contributed by atoms with Crippen LogP contribution in [0.4, 0.5) is 11.4 Å². The first-order valence-electron chi connectivity index (χ1n) is 9.42. The summed E-state index contributed by atoms with van der Waals surface area (Å²) in [5, 5.41) is 0.664. The molecule has 0 bridgehead atoms. The third-order valence-electron chi connectivity index (χ3n) is 5.27. The van der Waals surface area contributed by atoms with Crippen molar-refractivity contribution in [2.75, 3.05) is 22.7 Å². The molecule has 0 radical (unpaired) electrons. The predicted molar refractivity (Wildman–Crippen MR) is 112 cm³/mol. The number of sulfonamides is 1. The minimum atomic E-state index is -3.72. The fourth-order valence-electron chi connectivity index (χ4n) is 3.52. The molecule has 1 aromatic heterocycles. The number of aromatic nitrogens is 1. The van der Waals surface area contributed by atoms with Crippen LogP contribution in [0.1, 0.15) is 19.8 Å². The van der Waals surface area contributed by atoms with Crippen LogP contribution in [0.15, 0.2) is 64.3 Å². The second-order valence-electron chi connectivity index (χ2n) is 7.39. The highest BCUT2D eigenvalue weighted by Gasteiger charge is 2.17. The van der Waals surface area contributed by atoms with E-state index in [1.54, 1.807) is 30.3 Å². The molecule has 2 heterocycles. The van der Waals surface area contributed by atoms with E-state index in [0.29, 0.717) is 16.6 Å². The Balaban J connectivity index is 1.53. The molecule has 2 N–H and O–H groups in total. The summed E-state index contributed by atoms with van der Waals surface area (Å²) in [7, 11) is -3.72. The first-order chi connectivity index (χ1) is 13.4. The van der Waals surface area contributed by atoms with Crippen molar-refractivity contribution in [3.8, 4) is 0 Å².